The number of benzene rings is 2. The first-order valence-corrected chi connectivity index (χ1v) is 8.87. The fourth-order valence-corrected chi connectivity index (χ4v) is 2.90. The molecule has 7 heteroatoms. The van der Waals surface area contributed by atoms with Gasteiger partial charge in [0.15, 0.2) is 0 Å². The molecule has 1 amide bonds. The molecule has 2 aromatic carbocycles. The third kappa shape index (κ3) is 4.35. The lowest BCUT2D eigenvalue weighted by molar-refractivity contribution is 0.102. The highest BCUT2D eigenvalue weighted by Crippen LogP contribution is 2.27. The molecule has 0 saturated carbocycles. The van der Waals surface area contributed by atoms with Crippen molar-refractivity contribution in [1.29, 1.82) is 0 Å². The molecule has 1 heterocycles. The SMILES string of the molecule is COc1ccc(Cn2cccc(C(=O)Nc3cc(Cl)ccc3OC)c2=O)cc1. The van der Waals surface area contributed by atoms with Crippen molar-refractivity contribution in [3.63, 3.8) is 0 Å². The molecule has 0 bridgehead atoms. The zero-order valence-corrected chi connectivity index (χ0v) is 16.2. The smallest absolute Gasteiger partial charge is 0.263 e. The molecule has 3 aromatic rings. The summed E-state index contributed by atoms with van der Waals surface area (Å²) in [5, 5.41) is 3.13. The van der Waals surface area contributed by atoms with Gasteiger partial charge in [-0.25, -0.2) is 0 Å². The number of nitrogens with one attached hydrogen (secondary N) is 1. The van der Waals surface area contributed by atoms with Crippen LogP contribution in [0, 0.1) is 0 Å². The number of nitrogens with zero attached hydrogens (tertiary/aromatic N) is 1. The van der Waals surface area contributed by atoms with Gasteiger partial charge < -0.3 is 19.4 Å². The number of carbonyl (C=O) groups excluding carboxylic acids is 1. The second-order valence-electron chi connectivity index (χ2n) is 6.00. The average molecular weight is 399 g/mol. The first-order valence-electron chi connectivity index (χ1n) is 8.49. The van der Waals surface area contributed by atoms with Crippen molar-refractivity contribution in [2.75, 3.05) is 19.5 Å². The van der Waals surface area contributed by atoms with Crippen LogP contribution in [-0.2, 0) is 6.54 Å². The fraction of sp³-hybridized carbons (Fsp3) is 0.143. The third-order valence-electron chi connectivity index (χ3n) is 4.19. The van der Waals surface area contributed by atoms with Gasteiger partial charge in [-0.2, -0.15) is 0 Å². The van der Waals surface area contributed by atoms with E-state index in [2.05, 4.69) is 5.32 Å². The summed E-state index contributed by atoms with van der Waals surface area (Å²) in [5.41, 5.74) is 0.941. The van der Waals surface area contributed by atoms with E-state index in [9.17, 15) is 9.59 Å². The van der Waals surface area contributed by atoms with Gasteiger partial charge in [-0.05, 0) is 48.0 Å². The first-order chi connectivity index (χ1) is 13.5. The van der Waals surface area contributed by atoms with Crippen LogP contribution in [0.15, 0.2) is 65.6 Å². The molecule has 0 fully saturated rings. The normalized spacial score (nSPS) is 10.4. The quantitative estimate of drug-likeness (QED) is 0.685. The highest BCUT2D eigenvalue weighted by molar-refractivity contribution is 6.31. The second-order valence-corrected chi connectivity index (χ2v) is 6.44. The Labute approximate surface area is 167 Å². The molecule has 0 aliphatic heterocycles. The highest BCUT2D eigenvalue weighted by atomic mass is 35.5. The molecule has 144 valence electrons. The van der Waals surface area contributed by atoms with Crippen LogP contribution in [0.25, 0.3) is 0 Å². The Balaban J connectivity index is 1.85. The zero-order valence-electron chi connectivity index (χ0n) is 15.4. The van der Waals surface area contributed by atoms with Crippen LogP contribution >= 0.6 is 11.6 Å². The monoisotopic (exact) mass is 398 g/mol. The summed E-state index contributed by atoms with van der Waals surface area (Å²) in [5.74, 6) is 0.654. The molecule has 6 nitrogen and oxygen atoms in total. The summed E-state index contributed by atoms with van der Waals surface area (Å²) in [6.07, 6.45) is 1.64. The molecule has 0 aliphatic rings. The number of pyridine rings is 1. The second kappa shape index (κ2) is 8.63. The standard InChI is InChI=1S/C21H19ClN2O4/c1-27-16-8-5-14(6-9-16)13-24-11-3-4-17(21(24)26)20(25)23-18-12-15(22)7-10-19(18)28-2/h3-12H,13H2,1-2H3,(H,23,25). The third-order valence-corrected chi connectivity index (χ3v) is 4.42. The van der Waals surface area contributed by atoms with Gasteiger partial charge in [0, 0.05) is 11.2 Å². The van der Waals surface area contributed by atoms with Gasteiger partial charge >= 0.3 is 0 Å². The van der Waals surface area contributed by atoms with Crippen molar-refractivity contribution in [1.82, 2.24) is 4.57 Å². The minimum atomic E-state index is -0.533. The van der Waals surface area contributed by atoms with Crippen molar-refractivity contribution in [3.05, 3.63) is 87.3 Å². The maximum atomic E-state index is 12.8. The van der Waals surface area contributed by atoms with Crippen molar-refractivity contribution in [2.45, 2.75) is 6.54 Å². The van der Waals surface area contributed by atoms with Crippen molar-refractivity contribution >= 4 is 23.2 Å². The minimum Gasteiger partial charge on any atom is -0.497 e. The molecular weight excluding hydrogens is 380 g/mol. The molecule has 0 atom stereocenters. The molecule has 3 rings (SSSR count). The molecule has 0 aliphatic carbocycles. The van der Waals surface area contributed by atoms with Crippen molar-refractivity contribution < 1.29 is 14.3 Å². The summed E-state index contributed by atoms with van der Waals surface area (Å²) < 4.78 is 11.8. The lowest BCUT2D eigenvalue weighted by Crippen LogP contribution is -2.29. The van der Waals surface area contributed by atoms with Gasteiger partial charge in [0.1, 0.15) is 17.1 Å². The van der Waals surface area contributed by atoms with E-state index in [1.165, 1.54) is 17.7 Å². The van der Waals surface area contributed by atoms with Crippen LogP contribution in [0.2, 0.25) is 5.02 Å². The largest absolute Gasteiger partial charge is 0.497 e. The van der Waals surface area contributed by atoms with Gasteiger partial charge in [0.2, 0.25) is 0 Å². The van der Waals surface area contributed by atoms with Crippen LogP contribution in [0.1, 0.15) is 15.9 Å². The summed E-state index contributed by atoms with van der Waals surface area (Å²) in [4.78, 5) is 25.4. The number of ether oxygens (including phenoxy) is 2. The Hall–Kier alpha value is -3.25. The van der Waals surface area contributed by atoms with Gasteiger partial charge in [-0.1, -0.05) is 23.7 Å². The predicted octanol–water partition coefficient (Wildman–Crippen LogP) is 3.82. The van der Waals surface area contributed by atoms with Gasteiger partial charge in [0.05, 0.1) is 26.5 Å². The van der Waals surface area contributed by atoms with Gasteiger partial charge in [-0.3, -0.25) is 9.59 Å². The number of aromatic nitrogens is 1. The van der Waals surface area contributed by atoms with E-state index in [1.807, 2.05) is 24.3 Å². The molecule has 0 spiro atoms. The Kier molecular flexibility index (Phi) is 6.01. The topological polar surface area (TPSA) is 69.6 Å². The molecular formula is C21H19ClN2O4. The number of hydrogen-bond donors (Lipinski definition) is 1. The molecule has 1 N–H and O–H groups in total. The highest BCUT2D eigenvalue weighted by Gasteiger charge is 2.15. The van der Waals surface area contributed by atoms with Crippen LogP contribution in [0.5, 0.6) is 11.5 Å². The van der Waals surface area contributed by atoms with E-state index >= 15 is 0 Å². The van der Waals surface area contributed by atoms with Gasteiger partial charge in [0.25, 0.3) is 11.5 Å². The minimum absolute atomic E-state index is 0.0260. The number of hydrogen-bond acceptors (Lipinski definition) is 4. The van der Waals surface area contributed by atoms with E-state index in [0.29, 0.717) is 23.0 Å². The summed E-state index contributed by atoms with van der Waals surface area (Å²) in [7, 11) is 3.08. The lowest BCUT2D eigenvalue weighted by Gasteiger charge is -2.12. The Bertz CT molecular complexity index is 1050. The van der Waals surface area contributed by atoms with E-state index < -0.39 is 11.5 Å². The number of amides is 1. The first kappa shape index (κ1) is 19.5. The Morgan fingerprint density at radius 3 is 2.50 bits per heavy atom. The summed E-state index contributed by atoms with van der Waals surface area (Å²) in [6.45, 7) is 0.338. The number of anilines is 1. The Morgan fingerprint density at radius 2 is 1.82 bits per heavy atom. The molecule has 1 aromatic heterocycles. The number of rotatable bonds is 6. The number of halogens is 1. The maximum absolute atomic E-state index is 12.8. The zero-order chi connectivity index (χ0) is 20.1. The molecule has 28 heavy (non-hydrogen) atoms. The van der Waals surface area contributed by atoms with Crippen LogP contribution < -0.4 is 20.3 Å². The van der Waals surface area contributed by atoms with Crippen molar-refractivity contribution in [2.24, 2.45) is 0 Å². The average Bonchev–Trinajstić information content (AvgIpc) is 2.70. The summed E-state index contributed by atoms with van der Waals surface area (Å²) >= 11 is 5.99. The molecule has 0 unspecified atom stereocenters. The van der Waals surface area contributed by atoms with Crippen LogP contribution in [-0.4, -0.2) is 24.7 Å². The Morgan fingerprint density at radius 1 is 1.07 bits per heavy atom. The number of methoxy groups -OCH3 is 2. The van der Waals surface area contributed by atoms with Crippen LogP contribution in [0.4, 0.5) is 5.69 Å². The summed E-state index contributed by atoms with van der Waals surface area (Å²) in [6, 6.07) is 15.4. The maximum Gasteiger partial charge on any atom is 0.263 e. The lowest BCUT2D eigenvalue weighted by atomic mass is 10.2. The van der Waals surface area contributed by atoms with E-state index in [-0.39, 0.29) is 5.56 Å². The number of carbonyl (C=O) groups is 1. The fourth-order valence-electron chi connectivity index (χ4n) is 2.73. The van der Waals surface area contributed by atoms with Crippen LogP contribution in [0.3, 0.4) is 0 Å². The predicted molar refractivity (Wildman–Crippen MR) is 109 cm³/mol. The van der Waals surface area contributed by atoms with E-state index in [4.69, 9.17) is 21.1 Å². The van der Waals surface area contributed by atoms with E-state index in [0.717, 1.165) is 11.3 Å². The van der Waals surface area contributed by atoms with Gasteiger partial charge in [-0.15, -0.1) is 0 Å². The molecule has 0 saturated heterocycles. The van der Waals surface area contributed by atoms with Crippen molar-refractivity contribution in [3.8, 4) is 11.5 Å². The van der Waals surface area contributed by atoms with E-state index in [1.54, 1.807) is 37.6 Å². The molecule has 0 radical (unpaired) electrons.